The van der Waals surface area contributed by atoms with E-state index in [2.05, 4.69) is 15.8 Å². The molecule has 1 aromatic rings. The van der Waals surface area contributed by atoms with Crippen LogP contribution in [0.4, 0.5) is 5.82 Å². The zero-order valence-electron chi connectivity index (χ0n) is 8.65. The second-order valence-corrected chi connectivity index (χ2v) is 3.47. The fraction of sp³-hybridized carbons (Fsp3) is 0.417. The summed E-state index contributed by atoms with van der Waals surface area (Å²) in [7, 11) is 0. The van der Waals surface area contributed by atoms with Crippen molar-refractivity contribution in [2.75, 3.05) is 31.2 Å². The third-order valence-corrected chi connectivity index (χ3v) is 2.46. The number of hydrogen-bond donors (Lipinski definition) is 0. The van der Waals surface area contributed by atoms with Crippen molar-refractivity contribution in [2.45, 2.75) is 6.42 Å². The van der Waals surface area contributed by atoms with Gasteiger partial charge in [-0.15, -0.1) is 6.42 Å². The number of rotatable bonds is 1. The first-order valence-electron chi connectivity index (χ1n) is 5.16. The highest BCUT2D eigenvalue weighted by atomic mass is 16.5. The molecule has 1 aliphatic rings. The molecule has 0 spiro atoms. The Morgan fingerprint density at radius 3 is 3.20 bits per heavy atom. The predicted molar refractivity (Wildman–Crippen MR) is 59.8 cm³/mol. The molecule has 0 amide bonds. The minimum atomic E-state index is 0.751. The number of hydrogen-bond acceptors (Lipinski definition) is 3. The second kappa shape index (κ2) is 4.81. The normalized spacial score (nSPS) is 16.9. The molecule has 1 fully saturated rings. The molecule has 0 radical (unpaired) electrons. The second-order valence-electron chi connectivity index (χ2n) is 3.47. The summed E-state index contributed by atoms with van der Waals surface area (Å²) in [6.07, 6.45) is 8.26. The lowest BCUT2D eigenvalue weighted by molar-refractivity contribution is 0.152. The van der Waals surface area contributed by atoms with Crippen LogP contribution in [-0.4, -0.2) is 31.3 Å². The maximum atomic E-state index is 5.45. The monoisotopic (exact) mass is 202 g/mol. The molecule has 2 heterocycles. The fourth-order valence-electron chi connectivity index (χ4n) is 1.72. The molecule has 15 heavy (non-hydrogen) atoms. The summed E-state index contributed by atoms with van der Waals surface area (Å²) in [5, 5.41) is 0. The molecule has 1 aromatic heterocycles. The van der Waals surface area contributed by atoms with Crippen molar-refractivity contribution < 1.29 is 4.74 Å². The topological polar surface area (TPSA) is 25.4 Å². The molecular weight excluding hydrogens is 188 g/mol. The van der Waals surface area contributed by atoms with Crippen LogP contribution in [-0.2, 0) is 4.74 Å². The van der Waals surface area contributed by atoms with Crippen LogP contribution < -0.4 is 4.90 Å². The summed E-state index contributed by atoms with van der Waals surface area (Å²) < 4.78 is 5.40. The lowest BCUT2D eigenvalue weighted by Gasteiger charge is -2.21. The minimum absolute atomic E-state index is 0.751. The number of anilines is 1. The summed E-state index contributed by atoms with van der Waals surface area (Å²) >= 11 is 0. The molecule has 3 heteroatoms. The van der Waals surface area contributed by atoms with E-state index in [1.807, 2.05) is 12.1 Å². The van der Waals surface area contributed by atoms with Crippen LogP contribution >= 0.6 is 0 Å². The molecule has 0 N–H and O–H groups in total. The number of pyridine rings is 1. The van der Waals surface area contributed by atoms with Crippen molar-refractivity contribution in [3.8, 4) is 12.3 Å². The molecule has 78 valence electrons. The molecule has 3 nitrogen and oxygen atoms in total. The van der Waals surface area contributed by atoms with Gasteiger partial charge in [-0.1, -0.05) is 5.92 Å². The van der Waals surface area contributed by atoms with E-state index < -0.39 is 0 Å². The predicted octanol–water partition coefficient (Wildman–Crippen LogP) is 1.29. The van der Waals surface area contributed by atoms with Gasteiger partial charge in [0.2, 0.25) is 0 Å². The SMILES string of the molecule is C#Cc1cccnc1N1CCCOCC1. The highest BCUT2D eigenvalue weighted by Gasteiger charge is 2.13. The number of terminal acetylenes is 1. The van der Waals surface area contributed by atoms with E-state index in [4.69, 9.17) is 11.2 Å². The number of aromatic nitrogens is 1. The van der Waals surface area contributed by atoms with Gasteiger partial charge in [0, 0.05) is 25.9 Å². The van der Waals surface area contributed by atoms with Crippen molar-refractivity contribution in [1.29, 1.82) is 0 Å². The van der Waals surface area contributed by atoms with Crippen LogP contribution in [0, 0.1) is 12.3 Å². The van der Waals surface area contributed by atoms with Gasteiger partial charge in [-0.2, -0.15) is 0 Å². The first-order valence-corrected chi connectivity index (χ1v) is 5.16. The van der Waals surface area contributed by atoms with E-state index in [9.17, 15) is 0 Å². The maximum Gasteiger partial charge on any atom is 0.144 e. The molecule has 0 atom stereocenters. The number of ether oxygens (including phenoxy) is 1. The van der Waals surface area contributed by atoms with Crippen molar-refractivity contribution >= 4 is 5.82 Å². The zero-order valence-corrected chi connectivity index (χ0v) is 8.65. The standard InChI is InChI=1S/C12H14N2O/c1-2-11-5-3-6-13-12(11)14-7-4-9-15-10-8-14/h1,3,5-6H,4,7-10H2. The molecular formula is C12H14N2O. The third-order valence-electron chi connectivity index (χ3n) is 2.46. The van der Waals surface area contributed by atoms with Crippen LogP contribution in [0.1, 0.15) is 12.0 Å². The lowest BCUT2D eigenvalue weighted by Crippen LogP contribution is -2.27. The van der Waals surface area contributed by atoms with Crippen molar-refractivity contribution in [1.82, 2.24) is 4.98 Å². The largest absolute Gasteiger partial charge is 0.380 e. The van der Waals surface area contributed by atoms with Gasteiger partial charge < -0.3 is 9.64 Å². The van der Waals surface area contributed by atoms with Gasteiger partial charge in [-0.05, 0) is 18.6 Å². The fourth-order valence-corrected chi connectivity index (χ4v) is 1.72. The van der Waals surface area contributed by atoms with E-state index in [0.29, 0.717) is 0 Å². The Morgan fingerprint density at radius 1 is 1.40 bits per heavy atom. The van der Waals surface area contributed by atoms with Crippen molar-refractivity contribution in [3.05, 3.63) is 23.9 Å². The van der Waals surface area contributed by atoms with Gasteiger partial charge in [-0.25, -0.2) is 4.98 Å². The summed E-state index contributed by atoms with van der Waals surface area (Å²) in [6.45, 7) is 3.41. The van der Waals surface area contributed by atoms with Crippen LogP contribution in [0.3, 0.4) is 0 Å². The smallest absolute Gasteiger partial charge is 0.144 e. The van der Waals surface area contributed by atoms with Crippen molar-refractivity contribution in [3.63, 3.8) is 0 Å². The highest BCUT2D eigenvalue weighted by molar-refractivity contribution is 5.54. The molecule has 2 rings (SSSR count). The Bertz CT molecular complexity index is 362. The minimum Gasteiger partial charge on any atom is -0.380 e. The highest BCUT2D eigenvalue weighted by Crippen LogP contribution is 2.17. The first kappa shape index (κ1) is 10.0. The van der Waals surface area contributed by atoms with E-state index in [0.717, 1.165) is 44.1 Å². The van der Waals surface area contributed by atoms with E-state index >= 15 is 0 Å². The lowest BCUT2D eigenvalue weighted by atomic mass is 10.2. The van der Waals surface area contributed by atoms with Crippen LogP contribution in [0.2, 0.25) is 0 Å². The summed E-state index contributed by atoms with van der Waals surface area (Å²) in [6, 6.07) is 3.79. The summed E-state index contributed by atoms with van der Waals surface area (Å²) in [4.78, 5) is 6.54. The Kier molecular flexibility index (Phi) is 3.21. The van der Waals surface area contributed by atoms with Gasteiger partial charge in [0.15, 0.2) is 0 Å². The molecule has 0 bridgehead atoms. The Labute approximate surface area is 90.1 Å². The van der Waals surface area contributed by atoms with Crippen molar-refractivity contribution in [2.24, 2.45) is 0 Å². The summed E-state index contributed by atoms with van der Waals surface area (Å²) in [5.41, 5.74) is 0.861. The van der Waals surface area contributed by atoms with Gasteiger partial charge in [0.05, 0.1) is 12.2 Å². The van der Waals surface area contributed by atoms with Gasteiger partial charge in [-0.3, -0.25) is 0 Å². The van der Waals surface area contributed by atoms with Crippen LogP contribution in [0.5, 0.6) is 0 Å². The maximum absolute atomic E-state index is 5.45. The van der Waals surface area contributed by atoms with E-state index in [-0.39, 0.29) is 0 Å². The third kappa shape index (κ3) is 2.28. The first-order chi connectivity index (χ1) is 7.42. The van der Waals surface area contributed by atoms with E-state index in [1.165, 1.54) is 0 Å². The average Bonchev–Trinajstić information content (AvgIpc) is 2.57. The quantitative estimate of drug-likeness (QED) is 0.642. The summed E-state index contributed by atoms with van der Waals surface area (Å²) in [5.74, 6) is 3.58. The Balaban J connectivity index is 2.23. The molecule has 1 aliphatic heterocycles. The number of nitrogens with zero attached hydrogens (tertiary/aromatic N) is 2. The molecule has 1 saturated heterocycles. The van der Waals surface area contributed by atoms with Gasteiger partial charge >= 0.3 is 0 Å². The van der Waals surface area contributed by atoms with Gasteiger partial charge in [0.25, 0.3) is 0 Å². The molecule has 0 aromatic carbocycles. The zero-order chi connectivity index (χ0) is 10.5. The Morgan fingerprint density at radius 2 is 2.33 bits per heavy atom. The van der Waals surface area contributed by atoms with Crippen LogP contribution in [0.25, 0.3) is 0 Å². The molecule has 0 aliphatic carbocycles. The van der Waals surface area contributed by atoms with Crippen LogP contribution in [0.15, 0.2) is 18.3 Å². The van der Waals surface area contributed by atoms with E-state index in [1.54, 1.807) is 6.20 Å². The Hall–Kier alpha value is -1.53. The molecule has 0 unspecified atom stereocenters. The average molecular weight is 202 g/mol. The van der Waals surface area contributed by atoms with Gasteiger partial charge in [0.1, 0.15) is 5.82 Å². The molecule has 0 saturated carbocycles.